The van der Waals surface area contributed by atoms with Gasteiger partial charge in [-0.3, -0.25) is 4.79 Å². The van der Waals surface area contributed by atoms with Crippen LogP contribution in [0.3, 0.4) is 0 Å². The van der Waals surface area contributed by atoms with Crippen LogP contribution in [0.5, 0.6) is 0 Å². The maximum absolute atomic E-state index is 12.7. The first-order valence-corrected chi connectivity index (χ1v) is 7.37. The van der Waals surface area contributed by atoms with Gasteiger partial charge >= 0.3 is 6.18 Å². The van der Waals surface area contributed by atoms with Crippen LogP contribution in [0.15, 0.2) is 66.7 Å². The van der Waals surface area contributed by atoms with Gasteiger partial charge < -0.3 is 5.32 Å². The van der Waals surface area contributed by atoms with Crippen LogP contribution in [0.2, 0.25) is 0 Å². The minimum Gasteiger partial charge on any atom is -0.348 e. The van der Waals surface area contributed by atoms with E-state index in [1.807, 2.05) is 30.3 Å². The smallest absolute Gasteiger partial charge is 0.348 e. The molecule has 0 aliphatic heterocycles. The van der Waals surface area contributed by atoms with Crippen molar-refractivity contribution in [1.82, 2.24) is 5.32 Å². The topological polar surface area (TPSA) is 29.1 Å². The van der Waals surface area contributed by atoms with Crippen molar-refractivity contribution in [3.8, 4) is 0 Å². The monoisotopic (exact) mass is 329 g/mol. The predicted octanol–water partition coefficient (Wildman–Crippen LogP) is 4.79. The third-order valence-corrected chi connectivity index (χ3v) is 3.74. The lowest BCUT2D eigenvalue weighted by molar-refractivity contribution is -0.137. The van der Waals surface area contributed by atoms with Gasteiger partial charge in [0.1, 0.15) is 0 Å². The molecule has 3 rings (SSSR count). The molecule has 0 aliphatic carbocycles. The summed E-state index contributed by atoms with van der Waals surface area (Å²) in [6.45, 7) is 0.0337. The van der Waals surface area contributed by atoms with Crippen molar-refractivity contribution in [1.29, 1.82) is 0 Å². The summed E-state index contributed by atoms with van der Waals surface area (Å²) < 4.78 is 38.2. The van der Waals surface area contributed by atoms with Crippen LogP contribution in [-0.4, -0.2) is 5.91 Å². The summed E-state index contributed by atoms with van der Waals surface area (Å²) in [6, 6.07) is 17.8. The van der Waals surface area contributed by atoms with Gasteiger partial charge in [0.05, 0.1) is 5.56 Å². The first-order chi connectivity index (χ1) is 11.4. The number of rotatable bonds is 3. The van der Waals surface area contributed by atoms with Gasteiger partial charge in [-0.05, 0) is 34.5 Å². The Morgan fingerprint density at radius 1 is 0.917 bits per heavy atom. The van der Waals surface area contributed by atoms with Crippen molar-refractivity contribution >= 4 is 16.7 Å². The zero-order valence-corrected chi connectivity index (χ0v) is 12.6. The second-order valence-electron chi connectivity index (χ2n) is 5.41. The zero-order chi connectivity index (χ0) is 17.2. The van der Waals surface area contributed by atoms with Crippen LogP contribution in [0.1, 0.15) is 21.5 Å². The Morgan fingerprint density at radius 3 is 2.42 bits per heavy atom. The van der Waals surface area contributed by atoms with Gasteiger partial charge in [-0.15, -0.1) is 0 Å². The fourth-order valence-electron chi connectivity index (χ4n) is 2.56. The fraction of sp³-hybridized carbons (Fsp3) is 0.105. The second kappa shape index (κ2) is 6.35. The lowest BCUT2D eigenvalue weighted by atomic mass is 10.0. The molecule has 0 radical (unpaired) electrons. The quantitative estimate of drug-likeness (QED) is 0.735. The summed E-state index contributed by atoms with van der Waals surface area (Å²) >= 11 is 0. The van der Waals surface area contributed by atoms with Gasteiger partial charge in [-0.25, -0.2) is 0 Å². The van der Waals surface area contributed by atoms with Gasteiger partial charge in [-0.1, -0.05) is 48.5 Å². The van der Waals surface area contributed by atoms with Crippen molar-refractivity contribution in [3.63, 3.8) is 0 Å². The summed E-state index contributed by atoms with van der Waals surface area (Å²) in [5, 5.41) is 4.42. The number of hydrogen-bond donors (Lipinski definition) is 1. The number of fused-ring (bicyclic) bond motifs is 1. The molecular weight excluding hydrogens is 315 g/mol. The molecule has 3 aromatic rings. The SMILES string of the molecule is O=C(NCc1cccc(C(F)(F)F)c1)c1cccc2ccccc12. The molecule has 24 heavy (non-hydrogen) atoms. The molecule has 0 heterocycles. The lowest BCUT2D eigenvalue weighted by Crippen LogP contribution is -2.23. The highest BCUT2D eigenvalue weighted by Crippen LogP contribution is 2.29. The first kappa shape index (κ1) is 16.1. The fourth-order valence-corrected chi connectivity index (χ4v) is 2.56. The van der Waals surface area contributed by atoms with E-state index in [0.717, 1.165) is 22.9 Å². The second-order valence-corrected chi connectivity index (χ2v) is 5.41. The number of benzene rings is 3. The zero-order valence-electron chi connectivity index (χ0n) is 12.6. The number of nitrogens with one attached hydrogen (secondary N) is 1. The molecule has 122 valence electrons. The van der Waals surface area contributed by atoms with Crippen LogP contribution in [0.25, 0.3) is 10.8 Å². The van der Waals surface area contributed by atoms with Crippen LogP contribution in [0.4, 0.5) is 13.2 Å². The molecule has 0 atom stereocenters. The van der Waals surface area contributed by atoms with E-state index in [-0.39, 0.29) is 12.5 Å². The Kier molecular flexibility index (Phi) is 4.25. The van der Waals surface area contributed by atoms with Crippen molar-refractivity contribution in [2.75, 3.05) is 0 Å². The van der Waals surface area contributed by atoms with Gasteiger partial charge in [0.25, 0.3) is 5.91 Å². The molecule has 0 saturated heterocycles. The van der Waals surface area contributed by atoms with E-state index in [0.29, 0.717) is 11.1 Å². The highest BCUT2D eigenvalue weighted by Gasteiger charge is 2.30. The number of hydrogen-bond acceptors (Lipinski definition) is 1. The Hall–Kier alpha value is -2.82. The van der Waals surface area contributed by atoms with Crippen LogP contribution in [0, 0.1) is 0 Å². The summed E-state index contributed by atoms with van der Waals surface area (Å²) in [6.07, 6.45) is -4.39. The largest absolute Gasteiger partial charge is 0.416 e. The molecule has 0 unspecified atom stereocenters. The highest BCUT2D eigenvalue weighted by molar-refractivity contribution is 6.06. The Balaban J connectivity index is 1.78. The van der Waals surface area contributed by atoms with E-state index in [1.54, 1.807) is 18.2 Å². The molecule has 2 nitrogen and oxygen atoms in total. The van der Waals surface area contributed by atoms with E-state index in [2.05, 4.69) is 5.32 Å². The van der Waals surface area contributed by atoms with Crippen molar-refractivity contribution < 1.29 is 18.0 Å². The van der Waals surface area contributed by atoms with Crippen LogP contribution < -0.4 is 5.32 Å². The number of carbonyl (C=O) groups excluding carboxylic acids is 1. The Bertz CT molecular complexity index is 882. The summed E-state index contributed by atoms with van der Waals surface area (Å²) in [7, 11) is 0. The average molecular weight is 329 g/mol. The van der Waals surface area contributed by atoms with Crippen LogP contribution in [-0.2, 0) is 12.7 Å². The third-order valence-electron chi connectivity index (χ3n) is 3.74. The van der Waals surface area contributed by atoms with Gasteiger partial charge in [-0.2, -0.15) is 13.2 Å². The highest BCUT2D eigenvalue weighted by atomic mass is 19.4. The van der Waals surface area contributed by atoms with E-state index < -0.39 is 11.7 Å². The minimum atomic E-state index is -4.39. The number of carbonyl (C=O) groups is 1. The summed E-state index contributed by atoms with van der Waals surface area (Å²) in [5.41, 5.74) is 0.179. The summed E-state index contributed by atoms with van der Waals surface area (Å²) in [4.78, 5) is 12.4. The molecule has 0 aromatic heterocycles. The maximum Gasteiger partial charge on any atom is 0.416 e. The van der Waals surface area contributed by atoms with Crippen molar-refractivity contribution in [3.05, 3.63) is 83.4 Å². The van der Waals surface area contributed by atoms with E-state index in [1.165, 1.54) is 6.07 Å². The molecule has 0 aliphatic rings. The molecule has 3 aromatic carbocycles. The standard InChI is InChI=1S/C19H14F3NO/c20-19(21,22)15-8-3-5-13(11-15)12-23-18(24)17-10-4-7-14-6-1-2-9-16(14)17/h1-11H,12H2,(H,23,24). The van der Waals surface area contributed by atoms with E-state index >= 15 is 0 Å². The molecule has 0 saturated carbocycles. The Morgan fingerprint density at radius 2 is 1.62 bits per heavy atom. The van der Waals surface area contributed by atoms with Crippen molar-refractivity contribution in [2.45, 2.75) is 12.7 Å². The van der Waals surface area contributed by atoms with Crippen molar-refractivity contribution in [2.24, 2.45) is 0 Å². The minimum absolute atomic E-state index is 0.0337. The predicted molar refractivity (Wildman–Crippen MR) is 86.6 cm³/mol. The number of amides is 1. The number of alkyl halides is 3. The van der Waals surface area contributed by atoms with Crippen LogP contribution >= 0.6 is 0 Å². The van der Waals surface area contributed by atoms with Gasteiger partial charge in [0, 0.05) is 12.1 Å². The number of halogens is 3. The lowest BCUT2D eigenvalue weighted by Gasteiger charge is -2.10. The molecule has 0 fully saturated rings. The van der Waals surface area contributed by atoms with E-state index in [9.17, 15) is 18.0 Å². The van der Waals surface area contributed by atoms with Gasteiger partial charge in [0.2, 0.25) is 0 Å². The normalized spacial score (nSPS) is 11.5. The molecule has 5 heteroatoms. The molecule has 1 amide bonds. The Labute approximate surface area is 136 Å². The van der Waals surface area contributed by atoms with E-state index in [4.69, 9.17) is 0 Å². The third kappa shape index (κ3) is 3.40. The molecular formula is C19H14F3NO. The molecule has 0 spiro atoms. The maximum atomic E-state index is 12.7. The average Bonchev–Trinajstić information content (AvgIpc) is 2.58. The summed E-state index contributed by atoms with van der Waals surface area (Å²) in [5.74, 6) is -0.316. The molecule has 1 N–H and O–H groups in total. The van der Waals surface area contributed by atoms with Gasteiger partial charge in [0.15, 0.2) is 0 Å². The first-order valence-electron chi connectivity index (χ1n) is 7.37. The molecule has 0 bridgehead atoms.